The van der Waals surface area contributed by atoms with Crippen molar-refractivity contribution in [2.24, 2.45) is 5.41 Å². The molecule has 0 bridgehead atoms. The number of benzene rings is 1. The molecular weight excluding hydrogens is 204 g/mol. The number of carbonyl (C=O) groups is 1. The zero-order valence-corrected chi connectivity index (χ0v) is 10.4. The molecule has 1 aromatic carbocycles. The second-order valence-electron chi connectivity index (χ2n) is 5.05. The first-order valence-corrected chi connectivity index (χ1v) is 5.24. The van der Waals surface area contributed by atoms with Gasteiger partial charge in [0.2, 0.25) is 0 Å². The number of carbonyl (C=O) groups excluding carboxylic acids is 1. The van der Waals surface area contributed by atoms with E-state index >= 15 is 0 Å². The number of phenols is 1. The van der Waals surface area contributed by atoms with Crippen molar-refractivity contribution in [1.29, 1.82) is 0 Å². The SMILES string of the molecule is Cc1cc(OC(=O)C(C)(C)C)cc(C)c1O. The smallest absolute Gasteiger partial charge is 0.316 e. The van der Waals surface area contributed by atoms with Gasteiger partial charge < -0.3 is 9.84 Å². The molecule has 0 spiro atoms. The Labute approximate surface area is 96.1 Å². The fourth-order valence-corrected chi connectivity index (χ4v) is 1.24. The van der Waals surface area contributed by atoms with Gasteiger partial charge in [0.25, 0.3) is 0 Å². The topological polar surface area (TPSA) is 46.5 Å². The van der Waals surface area contributed by atoms with Crippen molar-refractivity contribution in [3.63, 3.8) is 0 Å². The molecule has 0 aliphatic heterocycles. The molecule has 0 aliphatic carbocycles. The summed E-state index contributed by atoms with van der Waals surface area (Å²) in [6.45, 7) is 8.95. The number of rotatable bonds is 1. The van der Waals surface area contributed by atoms with Gasteiger partial charge in [0.15, 0.2) is 0 Å². The molecule has 1 aromatic rings. The van der Waals surface area contributed by atoms with Crippen LogP contribution >= 0.6 is 0 Å². The summed E-state index contributed by atoms with van der Waals surface area (Å²) < 4.78 is 5.25. The number of phenolic OH excluding ortho intramolecular Hbond substituents is 1. The molecule has 0 atom stereocenters. The molecule has 0 saturated carbocycles. The van der Waals surface area contributed by atoms with Crippen LogP contribution in [0.5, 0.6) is 11.5 Å². The highest BCUT2D eigenvalue weighted by atomic mass is 16.5. The lowest BCUT2D eigenvalue weighted by molar-refractivity contribution is -0.143. The van der Waals surface area contributed by atoms with Crippen molar-refractivity contribution in [2.75, 3.05) is 0 Å². The molecule has 88 valence electrons. The average molecular weight is 222 g/mol. The lowest BCUT2D eigenvalue weighted by atomic mass is 9.97. The maximum Gasteiger partial charge on any atom is 0.316 e. The van der Waals surface area contributed by atoms with Gasteiger partial charge in [0.1, 0.15) is 11.5 Å². The molecule has 16 heavy (non-hydrogen) atoms. The van der Waals surface area contributed by atoms with Gasteiger partial charge in [-0.3, -0.25) is 4.79 Å². The van der Waals surface area contributed by atoms with Gasteiger partial charge in [0.05, 0.1) is 5.41 Å². The van der Waals surface area contributed by atoms with Crippen LogP contribution in [0.3, 0.4) is 0 Å². The molecule has 0 heterocycles. The van der Waals surface area contributed by atoms with Crippen molar-refractivity contribution in [3.05, 3.63) is 23.3 Å². The summed E-state index contributed by atoms with van der Waals surface area (Å²) in [5.74, 6) is 0.445. The molecule has 0 saturated heterocycles. The van der Waals surface area contributed by atoms with E-state index in [4.69, 9.17) is 4.74 Å². The maximum atomic E-state index is 11.7. The molecule has 1 rings (SSSR count). The van der Waals surface area contributed by atoms with Gasteiger partial charge in [-0.05, 0) is 57.9 Å². The van der Waals surface area contributed by atoms with E-state index in [1.807, 2.05) is 0 Å². The fourth-order valence-electron chi connectivity index (χ4n) is 1.24. The zero-order valence-electron chi connectivity index (χ0n) is 10.4. The summed E-state index contributed by atoms with van der Waals surface area (Å²) in [5, 5.41) is 9.58. The van der Waals surface area contributed by atoms with Gasteiger partial charge in [-0.25, -0.2) is 0 Å². The Morgan fingerprint density at radius 3 is 2.00 bits per heavy atom. The highest BCUT2D eigenvalue weighted by molar-refractivity contribution is 5.78. The van der Waals surface area contributed by atoms with E-state index in [9.17, 15) is 9.90 Å². The average Bonchev–Trinajstić information content (AvgIpc) is 2.12. The molecule has 0 radical (unpaired) electrons. The Hall–Kier alpha value is -1.51. The Morgan fingerprint density at radius 1 is 1.19 bits per heavy atom. The van der Waals surface area contributed by atoms with Crippen molar-refractivity contribution < 1.29 is 14.6 Å². The minimum absolute atomic E-state index is 0.246. The van der Waals surface area contributed by atoms with E-state index in [0.29, 0.717) is 16.9 Å². The lowest BCUT2D eigenvalue weighted by Crippen LogP contribution is -2.25. The van der Waals surface area contributed by atoms with E-state index in [1.54, 1.807) is 46.8 Å². The van der Waals surface area contributed by atoms with Crippen LogP contribution in [0.4, 0.5) is 0 Å². The highest BCUT2D eigenvalue weighted by Crippen LogP contribution is 2.28. The number of aryl methyl sites for hydroxylation is 2. The third-order valence-corrected chi connectivity index (χ3v) is 2.29. The Kier molecular flexibility index (Phi) is 3.27. The Bertz CT molecular complexity index is 391. The van der Waals surface area contributed by atoms with Crippen LogP contribution in [-0.4, -0.2) is 11.1 Å². The van der Waals surface area contributed by atoms with Gasteiger partial charge in [-0.2, -0.15) is 0 Å². The predicted molar refractivity (Wildman–Crippen MR) is 62.7 cm³/mol. The van der Waals surface area contributed by atoms with E-state index in [-0.39, 0.29) is 11.7 Å². The van der Waals surface area contributed by atoms with Crippen LogP contribution in [-0.2, 0) is 4.79 Å². The van der Waals surface area contributed by atoms with E-state index in [0.717, 1.165) is 0 Å². The quantitative estimate of drug-likeness (QED) is 0.587. The summed E-state index contributed by atoms with van der Waals surface area (Å²) in [6, 6.07) is 3.32. The third kappa shape index (κ3) is 2.75. The maximum absolute atomic E-state index is 11.7. The van der Waals surface area contributed by atoms with Crippen LogP contribution in [0.15, 0.2) is 12.1 Å². The van der Waals surface area contributed by atoms with E-state index in [1.165, 1.54) is 0 Å². The zero-order chi connectivity index (χ0) is 12.5. The number of aromatic hydroxyl groups is 1. The number of ether oxygens (including phenoxy) is 1. The third-order valence-electron chi connectivity index (χ3n) is 2.29. The monoisotopic (exact) mass is 222 g/mol. The number of hydrogen-bond acceptors (Lipinski definition) is 3. The second kappa shape index (κ2) is 4.16. The molecule has 0 unspecified atom stereocenters. The van der Waals surface area contributed by atoms with Crippen molar-refractivity contribution in [2.45, 2.75) is 34.6 Å². The van der Waals surface area contributed by atoms with Crippen molar-refractivity contribution in [1.82, 2.24) is 0 Å². The molecule has 3 nitrogen and oxygen atoms in total. The molecule has 0 aliphatic rings. The van der Waals surface area contributed by atoms with Gasteiger partial charge in [0, 0.05) is 0 Å². The summed E-state index contributed by atoms with van der Waals surface area (Å²) in [6.07, 6.45) is 0. The van der Waals surface area contributed by atoms with Crippen LogP contribution in [0, 0.1) is 19.3 Å². The molecule has 3 heteroatoms. The molecular formula is C13H18O3. The molecule has 1 N–H and O–H groups in total. The largest absolute Gasteiger partial charge is 0.507 e. The first-order chi connectivity index (χ1) is 7.21. The van der Waals surface area contributed by atoms with E-state index < -0.39 is 5.41 Å². The van der Waals surface area contributed by atoms with Crippen molar-refractivity contribution >= 4 is 5.97 Å². The van der Waals surface area contributed by atoms with Crippen LogP contribution in [0.2, 0.25) is 0 Å². The normalized spacial score (nSPS) is 11.3. The summed E-state index contributed by atoms with van der Waals surface area (Å²) >= 11 is 0. The minimum atomic E-state index is -0.528. The standard InChI is InChI=1S/C13H18O3/c1-8-6-10(7-9(2)11(8)14)16-12(15)13(3,4)5/h6-7,14H,1-5H3. The van der Waals surface area contributed by atoms with Crippen LogP contribution in [0.25, 0.3) is 0 Å². The predicted octanol–water partition coefficient (Wildman–Crippen LogP) is 2.96. The lowest BCUT2D eigenvalue weighted by Gasteiger charge is -2.17. The Morgan fingerprint density at radius 2 is 1.62 bits per heavy atom. The number of hydrogen-bond donors (Lipinski definition) is 1. The molecule has 0 aromatic heterocycles. The van der Waals surface area contributed by atoms with Crippen LogP contribution in [0.1, 0.15) is 31.9 Å². The van der Waals surface area contributed by atoms with Crippen molar-refractivity contribution in [3.8, 4) is 11.5 Å². The minimum Gasteiger partial charge on any atom is -0.507 e. The summed E-state index contributed by atoms with van der Waals surface area (Å²) in [7, 11) is 0. The number of esters is 1. The van der Waals surface area contributed by atoms with Gasteiger partial charge in [-0.15, -0.1) is 0 Å². The first kappa shape index (κ1) is 12.6. The van der Waals surface area contributed by atoms with Gasteiger partial charge >= 0.3 is 5.97 Å². The molecule has 0 amide bonds. The van der Waals surface area contributed by atoms with Crippen LogP contribution < -0.4 is 4.74 Å². The van der Waals surface area contributed by atoms with Gasteiger partial charge in [-0.1, -0.05) is 0 Å². The highest BCUT2D eigenvalue weighted by Gasteiger charge is 2.24. The Balaban J connectivity index is 2.96. The summed E-state index contributed by atoms with van der Waals surface area (Å²) in [5.41, 5.74) is 0.882. The fraction of sp³-hybridized carbons (Fsp3) is 0.462. The second-order valence-corrected chi connectivity index (χ2v) is 5.05. The summed E-state index contributed by atoms with van der Waals surface area (Å²) in [4.78, 5) is 11.7. The van der Waals surface area contributed by atoms with E-state index in [2.05, 4.69) is 0 Å². The first-order valence-electron chi connectivity index (χ1n) is 5.24. The molecule has 0 fully saturated rings.